The molecule has 0 radical (unpaired) electrons. The predicted octanol–water partition coefficient (Wildman–Crippen LogP) is 1.79. The van der Waals surface area contributed by atoms with Gasteiger partial charge in [0.1, 0.15) is 0 Å². The monoisotopic (exact) mass is 268 g/mol. The van der Waals surface area contributed by atoms with E-state index in [-0.39, 0.29) is 11.0 Å². The fourth-order valence-corrected chi connectivity index (χ4v) is 3.48. The molecule has 2 rings (SSSR count). The van der Waals surface area contributed by atoms with Crippen LogP contribution in [0, 0.1) is 5.41 Å². The quantitative estimate of drug-likeness (QED) is 0.848. The molecule has 0 atom stereocenters. The number of morpholine rings is 1. The molecule has 0 unspecified atom stereocenters. The summed E-state index contributed by atoms with van der Waals surface area (Å²) in [5.41, 5.74) is -0.296. The molecule has 19 heavy (non-hydrogen) atoms. The first-order valence-corrected chi connectivity index (χ1v) is 7.62. The number of rotatable bonds is 3. The van der Waals surface area contributed by atoms with E-state index in [0.29, 0.717) is 19.1 Å². The summed E-state index contributed by atoms with van der Waals surface area (Å²) >= 11 is 0. The lowest BCUT2D eigenvalue weighted by atomic mass is 9.73. The second-order valence-corrected chi connectivity index (χ2v) is 6.60. The first kappa shape index (κ1) is 14.8. The molecule has 4 heteroatoms. The van der Waals surface area contributed by atoms with Crippen LogP contribution in [0.2, 0.25) is 0 Å². The minimum Gasteiger partial charge on any atom is -0.377 e. The first-order valence-electron chi connectivity index (χ1n) is 7.62. The van der Waals surface area contributed by atoms with Gasteiger partial charge in [-0.3, -0.25) is 4.79 Å². The Kier molecular flexibility index (Phi) is 4.51. The van der Waals surface area contributed by atoms with E-state index < -0.39 is 0 Å². The number of nitrogens with one attached hydrogen (secondary N) is 1. The van der Waals surface area contributed by atoms with Crippen molar-refractivity contribution in [2.24, 2.45) is 5.41 Å². The van der Waals surface area contributed by atoms with Crippen LogP contribution < -0.4 is 5.32 Å². The van der Waals surface area contributed by atoms with Crippen LogP contribution in [0.5, 0.6) is 0 Å². The zero-order valence-corrected chi connectivity index (χ0v) is 12.6. The molecular weight excluding hydrogens is 240 g/mol. The molecule has 2 fully saturated rings. The summed E-state index contributed by atoms with van der Waals surface area (Å²) in [4.78, 5) is 15.2. The second-order valence-electron chi connectivity index (χ2n) is 6.60. The lowest BCUT2D eigenvalue weighted by Gasteiger charge is -2.48. The van der Waals surface area contributed by atoms with Gasteiger partial charge in [-0.25, -0.2) is 0 Å². The van der Waals surface area contributed by atoms with E-state index in [4.69, 9.17) is 4.74 Å². The van der Waals surface area contributed by atoms with E-state index in [0.717, 1.165) is 45.3 Å². The number of amides is 1. The van der Waals surface area contributed by atoms with Crippen LogP contribution in [0.1, 0.15) is 46.5 Å². The van der Waals surface area contributed by atoms with Gasteiger partial charge in [-0.15, -0.1) is 0 Å². The van der Waals surface area contributed by atoms with E-state index >= 15 is 0 Å². The molecule has 2 aliphatic heterocycles. The SMILES string of the molecule is CCCC1(C(=O)N2CCOCC2(C)C)CCNCC1. The standard InChI is InChI=1S/C15H28N2O2/c1-4-5-15(6-8-16-9-7-15)13(18)17-10-11-19-12-14(17,2)3/h16H,4-12H2,1-3H3. The van der Waals surface area contributed by atoms with Crippen molar-refractivity contribution in [2.75, 3.05) is 32.8 Å². The zero-order valence-electron chi connectivity index (χ0n) is 12.6. The molecule has 0 aromatic heterocycles. The highest BCUT2D eigenvalue weighted by atomic mass is 16.5. The number of piperidine rings is 1. The molecule has 2 saturated heterocycles. The maximum Gasteiger partial charge on any atom is 0.229 e. The summed E-state index contributed by atoms with van der Waals surface area (Å²) in [7, 11) is 0. The highest BCUT2D eigenvalue weighted by Gasteiger charge is 2.45. The van der Waals surface area contributed by atoms with Crippen LogP contribution in [0.15, 0.2) is 0 Å². The summed E-state index contributed by atoms with van der Waals surface area (Å²) in [5, 5.41) is 3.38. The molecule has 0 bridgehead atoms. The van der Waals surface area contributed by atoms with Gasteiger partial charge in [-0.1, -0.05) is 13.3 Å². The molecule has 0 spiro atoms. The molecule has 2 aliphatic rings. The highest BCUT2D eigenvalue weighted by molar-refractivity contribution is 5.83. The fraction of sp³-hybridized carbons (Fsp3) is 0.933. The fourth-order valence-electron chi connectivity index (χ4n) is 3.48. The maximum atomic E-state index is 13.1. The minimum absolute atomic E-state index is 0.130. The second kappa shape index (κ2) is 5.80. The predicted molar refractivity (Wildman–Crippen MR) is 76.1 cm³/mol. The molecule has 1 amide bonds. The Morgan fingerprint density at radius 2 is 2.00 bits per heavy atom. The van der Waals surface area contributed by atoms with Gasteiger partial charge in [0.15, 0.2) is 0 Å². The Morgan fingerprint density at radius 3 is 2.58 bits per heavy atom. The molecule has 4 nitrogen and oxygen atoms in total. The van der Waals surface area contributed by atoms with Gasteiger partial charge in [-0.05, 0) is 46.2 Å². The van der Waals surface area contributed by atoms with Crippen LogP contribution in [-0.2, 0) is 9.53 Å². The van der Waals surface area contributed by atoms with Gasteiger partial charge in [-0.2, -0.15) is 0 Å². The Bertz CT molecular complexity index is 317. The third-order valence-electron chi connectivity index (χ3n) is 4.63. The first-order chi connectivity index (χ1) is 9.02. The summed E-state index contributed by atoms with van der Waals surface area (Å²) in [6.07, 6.45) is 4.05. The Hall–Kier alpha value is -0.610. The van der Waals surface area contributed by atoms with Gasteiger partial charge < -0.3 is 15.0 Å². The van der Waals surface area contributed by atoms with Crippen molar-refractivity contribution in [1.82, 2.24) is 10.2 Å². The number of nitrogens with zero attached hydrogens (tertiary/aromatic N) is 1. The van der Waals surface area contributed by atoms with Gasteiger partial charge in [0.05, 0.1) is 24.2 Å². The molecule has 0 saturated carbocycles. The average Bonchev–Trinajstić information content (AvgIpc) is 2.39. The summed E-state index contributed by atoms with van der Waals surface area (Å²) in [6.45, 7) is 10.4. The number of ether oxygens (including phenoxy) is 1. The van der Waals surface area contributed by atoms with Gasteiger partial charge in [0, 0.05) is 6.54 Å². The molecule has 1 N–H and O–H groups in total. The van der Waals surface area contributed by atoms with Crippen LogP contribution in [0.3, 0.4) is 0 Å². The normalized spacial score (nSPS) is 26.2. The Balaban J connectivity index is 2.18. The van der Waals surface area contributed by atoms with Crippen LogP contribution in [0.25, 0.3) is 0 Å². The number of carbonyl (C=O) groups excluding carboxylic acids is 1. The molecule has 2 heterocycles. The van der Waals surface area contributed by atoms with Crippen LogP contribution >= 0.6 is 0 Å². The van der Waals surface area contributed by atoms with E-state index in [9.17, 15) is 4.79 Å². The van der Waals surface area contributed by atoms with Crippen molar-refractivity contribution < 1.29 is 9.53 Å². The third kappa shape index (κ3) is 2.95. The van der Waals surface area contributed by atoms with Gasteiger partial charge in [0.25, 0.3) is 0 Å². The molecular formula is C15H28N2O2. The van der Waals surface area contributed by atoms with E-state index in [2.05, 4.69) is 31.0 Å². The van der Waals surface area contributed by atoms with Gasteiger partial charge >= 0.3 is 0 Å². The van der Waals surface area contributed by atoms with E-state index in [1.165, 1.54) is 0 Å². The van der Waals surface area contributed by atoms with E-state index in [1.54, 1.807) is 0 Å². The molecule has 0 aliphatic carbocycles. The topological polar surface area (TPSA) is 41.6 Å². The van der Waals surface area contributed by atoms with Crippen LogP contribution in [-0.4, -0.2) is 49.2 Å². The van der Waals surface area contributed by atoms with Crippen molar-refractivity contribution in [3.8, 4) is 0 Å². The maximum absolute atomic E-state index is 13.1. The largest absolute Gasteiger partial charge is 0.377 e. The Labute approximate surface area is 116 Å². The average molecular weight is 268 g/mol. The molecule has 0 aromatic rings. The highest BCUT2D eigenvalue weighted by Crippen LogP contribution is 2.38. The smallest absolute Gasteiger partial charge is 0.229 e. The summed E-state index contributed by atoms with van der Waals surface area (Å²) in [5.74, 6) is 0.365. The number of carbonyl (C=O) groups is 1. The number of hydrogen-bond donors (Lipinski definition) is 1. The number of hydrogen-bond acceptors (Lipinski definition) is 3. The lowest BCUT2D eigenvalue weighted by molar-refractivity contribution is -0.159. The van der Waals surface area contributed by atoms with Crippen molar-refractivity contribution in [3.05, 3.63) is 0 Å². The van der Waals surface area contributed by atoms with Crippen molar-refractivity contribution in [1.29, 1.82) is 0 Å². The van der Waals surface area contributed by atoms with E-state index in [1.807, 2.05) is 0 Å². The molecule has 110 valence electrons. The van der Waals surface area contributed by atoms with Crippen molar-refractivity contribution in [2.45, 2.75) is 52.0 Å². The van der Waals surface area contributed by atoms with Gasteiger partial charge in [0.2, 0.25) is 5.91 Å². The Morgan fingerprint density at radius 1 is 1.32 bits per heavy atom. The van der Waals surface area contributed by atoms with Crippen molar-refractivity contribution in [3.63, 3.8) is 0 Å². The summed E-state index contributed by atoms with van der Waals surface area (Å²) in [6, 6.07) is 0. The summed E-state index contributed by atoms with van der Waals surface area (Å²) < 4.78 is 5.54. The third-order valence-corrected chi connectivity index (χ3v) is 4.63. The lowest BCUT2D eigenvalue weighted by Crippen LogP contribution is -2.60. The zero-order chi connectivity index (χ0) is 13.9. The van der Waals surface area contributed by atoms with Crippen LogP contribution in [0.4, 0.5) is 0 Å². The minimum atomic E-state index is -0.166. The van der Waals surface area contributed by atoms with Crippen molar-refractivity contribution >= 4 is 5.91 Å². The molecule has 0 aromatic carbocycles.